The van der Waals surface area contributed by atoms with E-state index in [1.807, 2.05) is 48.7 Å². The highest BCUT2D eigenvalue weighted by Crippen LogP contribution is 2.22. The Balaban J connectivity index is 2.40. The zero-order valence-corrected chi connectivity index (χ0v) is 10.8. The van der Waals surface area contributed by atoms with Crippen LogP contribution in [0.5, 0.6) is 0 Å². The summed E-state index contributed by atoms with van der Waals surface area (Å²) in [5.41, 5.74) is 3.31. The maximum atomic E-state index is 9.25. The molecule has 2 heterocycles. The lowest BCUT2D eigenvalue weighted by atomic mass is 10.2. The van der Waals surface area contributed by atoms with E-state index in [2.05, 4.69) is 16.0 Å². The molecule has 0 bridgehead atoms. The fourth-order valence-electron chi connectivity index (χ4n) is 2.21. The number of nitrogens with zero attached hydrogens (tertiary/aromatic N) is 4. The number of hydrogen-bond acceptors (Lipinski definition) is 3. The van der Waals surface area contributed by atoms with Crippen molar-refractivity contribution in [3.05, 3.63) is 53.5 Å². The van der Waals surface area contributed by atoms with Gasteiger partial charge in [-0.1, -0.05) is 12.1 Å². The van der Waals surface area contributed by atoms with Crippen LogP contribution in [0.15, 0.2) is 36.4 Å². The molecule has 0 amide bonds. The van der Waals surface area contributed by atoms with Crippen LogP contribution in [0.1, 0.15) is 17.1 Å². The van der Waals surface area contributed by atoms with E-state index in [0.29, 0.717) is 11.4 Å². The minimum Gasteiger partial charge on any atom is -0.279 e. The monoisotopic (exact) mass is 248 g/mol. The van der Waals surface area contributed by atoms with E-state index >= 15 is 0 Å². The second-order valence-corrected chi connectivity index (χ2v) is 4.42. The molecular weight excluding hydrogens is 236 g/mol. The van der Waals surface area contributed by atoms with Gasteiger partial charge >= 0.3 is 0 Å². The molecule has 4 heteroatoms. The van der Waals surface area contributed by atoms with E-state index in [1.54, 1.807) is 6.07 Å². The highest BCUT2D eigenvalue weighted by Gasteiger charge is 2.13. The number of para-hydroxylation sites is 2. The molecule has 0 aliphatic heterocycles. The third kappa shape index (κ3) is 1.76. The number of aryl methyl sites for hydroxylation is 2. The highest BCUT2D eigenvalue weighted by molar-refractivity contribution is 5.78. The van der Waals surface area contributed by atoms with Crippen LogP contribution in [0.3, 0.4) is 0 Å². The summed E-state index contributed by atoms with van der Waals surface area (Å²) in [6, 6.07) is 13.7. The summed E-state index contributed by atoms with van der Waals surface area (Å²) < 4.78 is 1.93. The van der Waals surface area contributed by atoms with Crippen molar-refractivity contribution in [3.63, 3.8) is 0 Å². The molecule has 0 saturated heterocycles. The van der Waals surface area contributed by atoms with Crippen molar-refractivity contribution in [3.8, 4) is 11.9 Å². The maximum Gasteiger partial charge on any atom is 0.156 e. The van der Waals surface area contributed by atoms with E-state index in [-0.39, 0.29) is 0 Å². The van der Waals surface area contributed by atoms with Gasteiger partial charge in [-0.15, -0.1) is 0 Å². The number of imidazole rings is 1. The highest BCUT2D eigenvalue weighted by atomic mass is 15.1. The minimum atomic E-state index is 0.553. The van der Waals surface area contributed by atoms with Crippen molar-refractivity contribution in [2.75, 3.05) is 0 Å². The molecule has 3 rings (SSSR count). The number of aromatic nitrogens is 3. The molecule has 0 saturated carbocycles. The van der Waals surface area contributed by atoms with Gasteiger partial charge in [-0.2, -0.15) is 5.26 Å². The van der Waals surface area contributed by atoms with Gasteiger partial charge in [-0.05, 0) is 38.1 Å². The Hall–Kier alpha value is -2.67. The van der Waals surface area contributed by atoms with Crippen molar-refractivity contribution in [1.82, 2.24) is 14.5 Å². The van der Waals surface area contributed by atoms with E-state index in [4.69, 9.17) is 0 Å². The van der Waals surface area contributed by atoms with Crippen LogP contribution in [0, 0.1) is 25.2 Å². The molecule has 92 valence electrons. The van der Waals surface area contributed by atoms with Crippen LogP contribution in [-0.2, 0) is 0 Å². The Morgan fingerprint density at radius 3 is 2.63 bits per heavy atom. The van der Waals surface area contributed by atoms with Crippen molar-refractivity contribution < 1.29 is 0 Å². The van der Waals surface area contributed by atoms with E-state index < -0.39 is 0 Å². The lowest BCUT2D eigenvalue weighted by Gasteiger charge is -2.08. The molecular formula is C15H12N4. The summed E-state index contributed by atoms with van der Waals surface area (Å²) in [5.74, 6) is 1.48. The molecule has 4 nitrogen and oxygen atoms in total. The standard InChI is InChI=1S/C15H12N4/c1-10-7-8-12(9-16)15(17-10)19-11(2)18-13-5-3-4-6-14(13)19/h3-8H,1-2H3. The molecule has 2 aromatic heterocycles. The fraction of sp³-hybridized carbons (Fsp3) is 0.133. The molecule has 19 heavy (non-hydrogen) atoms. The van der Waals surface area contributed by atoms with Crippen molar-refractivity contribution in [2.45, 2.75) is 13.8 Å². The van der Waals surface area contributed by atoms with Gasteiger partial charge in [0, 0.05) is 5.69 Å². The van der Waals surface area contributed by atoms with E-state index in [9.17, 15) is 5.26 Å². The SMILES string of the molecule is Cc1ccc(C#N)c(-n2c(C)nc3ccccc32)n1. The Morgan fingerprint density at radius 1 is 1.05 bits per heavy atom. The number of hydrogen-bond donors (Lipinski definition) is 0. The first-order valence-electron chi connectivity index (χ1n) is 6.03. The van der Waals surface area contributed by atoms with Gasteiger partial charge in [0.2, 0.25) is 0 Å². The average Bonchev–Trinajstić information content (AvgIpc) is 2.74. The van der Waals surface area contributed by atoms with Crippen LogP contribution in [-0.4, -0.2) is 14.5 Å². The van der Waals surface area contributed by atoms with Gasteiger partial charge in [-0.25, -0.2) is 9.97 Å². The van der Waals surface area contributed by atoms with Crippen LogP contribution < -0.4 is 0 Å². The van der Waals surface area contributed by atoms with E-state index in [1.165, 1.54) is 0 Å². The maximum absolute atomic E-state index is 9.25. The number of nitriles is 1. The Labute approximate surface area is 111 Å². The van der Waals surface area contributed by atoms with Crippen LogP contribution in [0.25, 0.3) is 16.9 Å². The third-order valence-corrected chi connectivity index (χ3v) is 3.08. The normalized spacial score (nSPS) is 10.6. The summed E-state index contributed by atoms with van der Waals surface area (Å²) in [6.07, 6.45) is 0. The molecule has 1 aromatic carbocycles. The van der Waals surface area contributed by atoms with Crippen LogP contribution >= 0.6 is 0 Å². The molecule has 0 N–H and O–H groups in total. The predicted molar refractivity (Wildman–Crippen MR) is 73.1 cm³/mol. The number of benzene rings is 1. The number of pyridine rings is 1. The number of rotatable bonds is 1. The summed E-state index contributed by atoms with van der Waals surface area (Å²) in [4.78, 5) is 9.01. The lowest BCUT2D eigenvalue weighted by Crippen LogP contribution is -2.04. The fourth-order valence-corrected chi connectivity index (χ4v) is 2.21. The smallest absolute Gasteiger partial charge is 0.156 e. The van der Waals surface area contributed by atoms with Crippen molar-refractivity contribution >= 4 is 11.0 Å². The Bertz CT molecular complexity index is 809. The van der Waals surface area contributed by atoms with Gasteiger partial charge in [0.25, 0.3) is 0 Å². The van der Waals surface area contributed by atoms with Gasteiger partial charge < -0.3 is 0 Å². The van der Waals surface area contributed by atoms with E-state index in [0.717, 1.165) is 22.6 Å². The van der Waals surface area contributed by atoms with Crippen LogP contribution in [0.2, 0.25) is 0 Å². The lowest BCUT2D eigenvalue weighted by molar-refractivity contribution is 0.940. The molecule has 3 aromatic rings. The van der Waals surface area contributed by atoms with Crippen molar-refractivity contribution in [2.24, 2.45) is 0 Å². The molecule has 0 fully saturated rings. The molecule has 0 aliphatic rings. The minimum absolute atomic E-state index is 0.553. The summed E-state index contributed by atoms with van der Waals surface area (Å²) in [6.45, 7) is 3.84. The largest absolute Gasteiger partial charge is 0.279 e. The molecule has 0 atom stereocenters. The van der Waals surface area contributed by atoms with Crippen LogP contribution in [0.4, 0.5) is 0 Å². The van der Waals surface area contributed by atoms with Gasteiger partial charge in [0.05, 0.1) is 16.6 Å². The van der Waals surface area contributed by atoms with Gasteiger partial charge in [-0.3, -0.25) is 4.57 Å². The zero-order valence-electron chi connectivity index (χ0n) is 10.8. The quantitative estimate of drug-likeness (QED) is 0.665. The second kappa shape index (κ2) is 4.21. The molecule has 0 spiro atoms. The first-order chi connectivity index (χ1) is 9.20. The summed E-state index contributed by atoms with van der Waals surface area (Å²) >= 11 is 0. The summed E-state index contributed by atoms with van der Waals surface area (Å²) in [5, 5.41) is 9.25. The zero-order chi connectivity index (χ0) is 13.4. The summed E-state index contributed by atoms with van der Waals surface area (Å²) in [7, 11) is 0. The Kier molecular flexibility index (Phi) is 2.53. The first-order valence-corrected chi connectivity index (χ1v) is 6.03. The second-order valence-electron chi connectivity index (χ2n) is 4.42. The Morgan fingerprint density at radius 2 is 1.84 bits per heavy atom. The molecule has 0 unspecified atom stereocenters. The first kappa shape index (κ1) is 11.4. The average molecular weight is 248 g/mol. The van der Waals surface area contributed by atoms with Crippen molar-refractivity contribution in [1.29, 1.82) is 5.26 Å². The molecule has 0 radical (unpaired) electrons. The number of fused-ring (bicyclic) bond motifs is 1. The molecule has 0 aliphatic carbocycles. The van der Waals surface area contributed by atoms with Gasteiger partial charge in [0.15, 0.2) is 5.82 Å². The topological polar surface area (TPSA) is 54.5 Å². The third-order valence-electron chi connectivity index (χ3n) is 3.08. The van der Waals surface area contributed by atoms with Gasteiger partial charge in [0.1, 0.15) is 11.9 Å². The predicted octanol–water partition coefficient (Wildman–Crippen LogP) is 2.91.